The maximum Gasteiger partial charge on any atom is 0.169 e. The summed E-state index contributed by atoms with van der Waals surface area (Å²) in [5.74, 6) is 1.40. The van der Waals surface area contributed by atoms with E-state index in [1.807, 2.05) is 30.3 Å². The molecule has 0 radical (unpaired) electrons. The van der Waals surface area contributed by atoms with Gasteiger partial charge in [0.2, 0.25) is 0 Å². The van der Waals surface area contributed by atoms with E-state index in [1.54, 1.807) is 20.4 Å². The standard InChI is InChI=1S/C19H24N2O2/c1-5-21(6-2)17-12-10-16(11-13-17)20-14-15-8-7-9-18(22-3)19(15)23-4/h7-14H,5-6H2,1-4H3. The Morgan fingerprint density at radius 3 is 2.22 bits per heavy atom. The number of aliphatic imine (C=N–C) groups is 1. The van der Waals surface area contributed by atoms with Gasteiger partial charge in [0.15, 0.2) is 11.5 Å². The Kier molecular flexibility index (Phi) is 6.03. The van der Waals surface area contributed by atoms with Crippen LogP contribution in [-0.2, 0) is 0 Å². The fourth-order valence-corrected chi connectivity index (χ4v) is 2.50. The number of benzene rings is 2. The van der Waals surface area contributed by atoms with Gasteiger partial charge in [-0.15, -0.1) is 0 Å². The van der Waals surface area contributed by atoms with Crippen LogP contribution in [0.4, 0.5) is 11.4 Å². The zero-order valence-corrected chi connectivity index (χ0v) is 14.2. The first-order chi connectivity index (χ1) is 11.2. The summed E-state index contributed by atoms with van der Waals surface area (Å²) in [5, 5.41) is 0. The summed E-state index contributed by atoms with van der Waals surface area (Å²) in [5.41, 5.74) is 3.01. The number of nitrogens with zero attached hydrogens (tertiary/aromatic N) is 2. The van der Waals surface area contributed by atoms with Crippen molar-refractivity contribution in [3.05, 3.63) is 48.0 Å². The fraction of sp³-hybridized carbons (Fsp3) is 0.316. The molecule has 4 nitrogen and oxygen atoms in total. The van der Waals surface area contributed by atoms with E-state index in [4.69, 9.17) is 9.47 Å². The molecular weight excluding hydrogens is 288 g/mol. The van der Waals surface area contributed by atoms with Gasteiger partial charge in [-0.1, -0.05) is 6.07 Å². The molecule has 4 heteroatoms. The molecule has 0 aliphatic heterocycles. The van der Waals surface area contributed by atoms with Crippen molar-refractivity contribution in [1.82, 2.24) is 0 Å². The second-order valence-electron chi connectivity index (χ2n) is 5.03. The van der Waals surface area contributed by atoms with Gasteiger partial charge in [0, 0.05) is 30.6 Å². The smallest absolute Gasteiger partial charge is 0.169 e. The van der Waals surface area contributed by atoms with E-state index < -0.39 is 0 Å². The summed E-state index contributed by atoms with van der Waals surface area (Å²) in [6, 6.07) is 14.0. The van der Waals surface area contributed by atoms with Crippen molar-refractivity contribution >= 4 is 17.6 Å². The predicted octanol–water partition coefficient (Wildman–Crippen LogP) is 4.30. The Morgan fingerprint density at radius 2 is 1.65 bits per heavy atom. The Morgan fingerprint density at radius 1 is 0.957 bits per heavy atom. The maximum atomic E-state index is 5.41. The van der Waals surface area contributed by atoms with E-state index in [1.165, 1.54) is 5.69 Å². The highest BCUT2D eigenvalue weighted by molar-refractivity contribution is 5.87. The molecule has 0 bridgehead atoms. The lowest BCUT2D eigenvalue weighted by Gasteiger charge is -2.20. The van der Waals surface area contributed by atoms with Crippen LogP contribution in [-0.4, -0.2) is 33.5 Å². The minimum atomic E-state index is 0.693. The van der Waals surface area contributed by atoms with E-state index >= 15 is 0 Å². The molecule has 122 valence electrons. The summed E-state index contributed by atoms with van der Waals surface area (Å²) >= 11 is 0. The number of hydrogen-bond donors (Lipinski definition) is 0. The fourth-order valence-electron chi connectivity index (χ4n) is 2.50. The monoisotopic (exact) mass is 312 g/mol. The lowest BCUT2D eigenvalue weighted by Crippen LogP contribution is -2.21. The average molecular weight is 312 g/mol. The molecule has 0 heterocycles. The quantitative estimate of drug-likeness (QED) is 0.715. The highest BCUT2D eigenvalue weighted by atomic mass is 16.5. The number of anilines is 1. The van der Waals surface area contributed by atoms with Gasteiger partial charge in [0.25, 0.3) is 0 Å². The van der Waals surface area contributed by atoms with E-state index in [-0.39, 0.29) is 0 Å². The highest BCUT2D eigenvalue weighted by Crippen LogP contribution is 2.30. The van der Waals surface area contributed by atoms with E-state index in [0.29, 0.717) is 11.5 Å². The first-order valence-corrected chi connectivity index (χ1v) is 7.83. The van der Waals surface area contributed by atoms with Crippen molar-refractivity contribution in [3.63, 3.8) is 0 Å². The molecule has 0 N–H and O–H groups in total. The minimum Gasteiger partial charge on any atom is -0.493 e. The molecule has 0 atom stereocenters. The molecule has 0 aromatic heterocycles. The highest BCUT2D eigenvalue weighted by Gasteiger charge is 2.07. The first kappa shape index (κ1) is 16.9. The molecule has 23 heavy (non-hydrogen) atoms. The molecule has 0 saturated heterocycles. The Labute approximate surface area is 138 Å². The summed E-state index contributed by atoms with van der Waals surface area (Å²) in [7, 11) is 3.26. The summed E-state index contributed by atoms with van der Waals surface area (Å²) in [6.07, 6.45) is 1.80. The van der Waals surface area contributed by atoms with Crippen molar-refractivity contribution in [2.45, 2.75) is 13.8 Å². The van der Waals surface area contributed by atoms with Crippen LogP contribution in [0.2, 0.25) is 0 Å². The molecule has 0 aliphatic rings. The lowest BCUT2D eigenvalue weighted by atomic mass is 10.2. The summed E-state index contributed by atoms with van der Waals surface area (Å²) in [6.45, 7) is 6.31. The van der Waals surface area contributed by atoms with Gasteiger partial charge < -0.3 is 14.4 Å². The maximum absolute atomic E-state index is 5.41. The van der Waals surface area contributed by atoms with Crippen LogP contribution < -0.4 is 14.4 Å². The number of ether oxygens (including phenoxy) is 2. The van der Waals surface area contributed by atoms with Gasteiger partial charge in [-0.2, -0.15) is 0 Å². The molecule has 2 aromatic carbocycles. The molecule has 0 fully saturated rings. The summed E-state index contributed by atoms with van der Waals surface area (Å²) < 4.78 is 10.7. The van der Waals surface area contributed by atoms with Crippen LogP contribution in [0, 0.1) is 0 Å². The zero-order chi connectivity index (χ0) is 16.7. The predicted molar refractivity (Wildman–Crippen MR) is 96.8 cm³/mol. The van der Waals surface area contributed by atoms with Crippen LogP contribution in [0.1, 0.15) is 19.4 Å². The first-order valence-electron chi connectivity index (χ1n) is 7.83. The number of para-hydroxylation sites is 1. The molecule has 0 amide bonds. The van der Waals surface area contributed by atoms with Crippen molar-refractivity contribution in [2.75, 3.05) is 32.2 Å². The molecule has 0 unspecified atom stereocenters. The lowest BCUT2D eigenvalue weighted by molar-refractivity contribution is 0.354. The van der Waals surface area contributed by atoms with Gasteiger partial charge in [0.05, 0.1) is 19.9 Å². The SMILES string of the molecule is CCN(CC)c1ccc(N=Cc2cccc(OC)c2OC)cc1. The van der Waals surface area contributed by atoms with Crippen LogP contribution in [0.25, 0.3) is 0 Å². The molecular formula is C19H24N2O2. The second kappa shape index (κ2) is 8.22. The molecule has 0 aliphatic carbocycles. The van der Waals surface area contributed by atoms with Gasteiger partial charge in [-0.05, 0) is 50.2 Å². The summed E-state index contributed by atoms with van der Waals surface area (Å²) in [4.78, 5) is 6.84. The average Bonchev–Trinajstić information content (AvgIpc) is 2.61. The van der Waals surface area contributed by atoms with Crippen LogP contribution >= 0.6 is 0 Å². The topological polar surface area (TPSA) is 34.1 Å². The van der Waals surface area contributed by atoms with Gasteiger partial charge >= 0.3 is 0 Å². The largest absolute Gasteiger partial charge is 0.493 e. The van der Waals surface area contributed by atoms with E-state index in [2.05, 4.69) is 35.9 Å². The zero-order valence-electron chi connectivity index (χ0n) is 14.2. The Hall–Kier alpha value is -2.49. The number of methoxy groups -OCH3 is 2. The molecule has 2 rings (SSSR count). The van der Waals surface area contributed by atoms with Gasteiger partial charge in [-0.3, -0.25) is 4.99 Å². The van der Waals surface area contributed by atoms with Crippen molar-refractivity contribution in [3.8, 4) is 11.5 Å². The van der Waals surface area contributed by atoms with Gasteiger partial charge in [0.1, 0.15) is 0 Å². The minimum absolute atomic E-state index is 0.693. The normalized spacial score (nSPS) is 10.8. The van der Waals surface area contributed by atoms with E-state index in [9.17, 15) is 0 Å². The van der Waals surface area contributed by atoms with Crippen LogP contribution in [0.15, 0.2) is 47.5 Å². The number of rotatable bonds is 7. The third kappa shape index (κ3) is 4.03. The molecule has 2 aromatic rings. The second-order valence-corrected chi connectivity index (χ2v) is 5.03. The Balaban J connectivity index is 2.21. The molecule has 0 saturated carbocycles. The third-order valence-electron chi connectivity index (χ3n) is 3.76. The van der Waals surface area contributed by atoms with Crippen LogP contribution in [0.5, 0.6) is 11.5 Å². The van der Waals surface area contributed by atoms with Crippen LogP contribution in [0.3, 0.4) is 0 Å². The van der Waals surface area contributed by atoms with Crippen molar-refractivity contribution in [2.24, 2.45) is 4.99 Å². The van der Waals surface area contributed by atoms with Crippen molar-refractivity contribution in [1.29, 1.82) is 0 Å². The van der Waals surface area contributed by atoms with Gasteiger partial charge in [-0.25, -0.2) is 0 Å². The Bertz CT molecular complexity index is 647. The number of hydrogen-bond acceptors (Lipinski definition) is 4. The third-order valence-corrected chi connectivity index (χ3v) is 3.76. The van der Waals surface area contributed by atoms with E-state index in [0.717, 1.165) is 24.3 Å². The van der Waals surface area contributed by atoms with Crippen molar-refractivity contribution < 1.29 is 9.47 Å². The molecule has 0 spiro atoms.